The molecule has 1 aliphatic carbocycles. The standard InChI is InChI=1S/C14H22N2O4/c17-10-14(7-2-1-3-8-14)15-11(18)6-9-16-12(19)4-5-13(16)20/h17H,1-10H2,(H,15,18). The van der Waals surface area contributed by atoms with Crippen LogP contribution in [-0.4, -0.2) is 46.4 Å². The van der Waals surface area contributed by atoms with Crippen molar-refractivity contribution in [3.63, 3.8) is 0 Å². The van der Waals surface area contributed by atoms with Crippen molar-refractivity contribution in [2.24, 2.45) is 0 Å². The van der Waals surface area contributed by atoms with Crippen LogP contribution in [0.15, 0.2) is 0 Å². The van der Waals surface area contributed by atoms with Crippen molar-refractivity contribution in [1.82, 2.24) is 10.2 Å². The first-order valence-corrected chi connectivity index (χ1v) is 7.31. The number of likely N-dealkylation sites (tertiary alicyclic amines) is 1. The number of nitrogens with zero attached hydrogens (tertiary/aromatic N) is 1. The highest BCUT2D eigenvalue weighted by molar-refractivity contribution is 6.02. The monoisotopic (exact) mass is 282 g/mol. The Balaban J connectivity index is 1.82. The molecule has 2 fully saturated rings. The molecule has 0 aromatic carbocycles. The van der Waals surface area contributed by atoms with Crippen molar-refractivity contribution >= 4 is 17.7 Å². The fourth-order valence-electron chi connectivity index (χ4n) is 3.00. The maximum atomic E-state index is 12.0. The first-order valence-electron chi connectivity index (χ1n) is 7.31. The predicted molar refractivity (Wildman–Crippen MR) is 71.6 cm³/mol. The summed E-state index contributed by atoms with van der Waals surface area (Å²) >= 11 is 0. The Hall–Kier alpha value is -1.43. The van der Waals surface area contributed by atoms with E-state index < -0.39 is 5.54 Å². The Kier molecular flexibility index (Phi) is 4.75. The molecule has 0 aromatic rings. The lowest BCUT2D eigenvalue weighted by Crippen LogP contribution is -2.53. The molecule has 1 heterocycles. The first-order chi connectivity index (χ1) is 9.56. The zero-order valence-electron chi connectivity index (χ0n) is 11.7. The van der Waals surface area contributed by atoms with E-state index in [1.165, 1.54) is 0 Å². The summed E-state index contributed by atoms with van der Waals surface area (Å²) in [6.45, 7) is 0.0886. The molecular weight excluding hydrogens is 260 g/mol. The Morgan fingerprint density at radius 3 is 2.30 bits per heavy atom. The number of rotatable bonds is 5. The summed E-state index contributed by atoms with van der Waals surface area (Å²) in [5.41, 5.74) is -0.506. The minimum Gasteiger partial charge on any atom is -0.394 e. The molecule has 1 saturated heterocycles. The van der Waals surface area contributed by atoms with E-state index >= 15 is 0 Å². The molecule has 0 bridgehead atoms. The van der Waals surface area contributed by atoms with Crippen molar-refractivity contribution in [1.29, 1.82) is 0 Å². The third kappa shape index (κ3) is 3.36. The number of aliphatic hydroxyl groups excluding tert-OH is 1. The Morgan fingerprint density at radius 2 is 1.75 bits per heavy atom. The lowest BCUT2D eigenvalue weighted by atomic mass is 9.82. The molecule has 3 amide bonds. The second kappa shape index (κ2) is 6.35. The van der Waals surface area contributed by atoms with E-state index in [2.05, 4.69) is 5.32 Å². The van der Waals surface area contributed by atoms with Crippen molar-refractivity contribution in [3.05, 3.63) is 0 Å². The largest absolute Gasteiger partial charge is 0.394 e. The van der Waals surface area contributed by atoms with Crippen molar-refractivity contribution in [2.75, 3.05) is 13.2 Å². The van der Waals surface area contributed by atoms with Gasteiger partial charge in [0.05, 0.1) is 12.1 Å². The van der Waals surface area contributed by atoms with Gasteiger partial charge < -0.3 is 10.4 Å². The molecule has 2 rings (SSSR count). The van der Waals surface area contributed by atoms with Crippen LogP contribution in [0.4, 0.5) is 0 Å². The third-order valence-corrected chi connectivity index (χ3v) is 4.24. The van der Waals surface area contributed by atoms with E-state index in [1.54, 1.807) is 0 Å². The lowest BCUT2D eigenvalue weighted by molar-refractivity contribution is -0.138. The van der Waals surface area contributed by atoms with Gasteiger partial charge in [-0.2, -0.15) is 0 Å². The smallest absolute Gasteiger partial charge is 0.229 e. The summed E-state index contributed by atoms with van der Waals surface area (Å²) in [5.74, 6) is -0.594. The number of carbonyl (C=O) groups is 3. The van der Waals surface area contributed by atoms with Gasteiger partial charge in [-0.15, -0.1) is 0 Å². The molecule has 2 N–H and O–H groups in total. The normalized spacial score (nSPS) is 22.1. The lowest BCUT2D eigenvalue weighted by Gasteiger charge is -2.36. The van der Waals surface area contributed by atoms with E-state index in [9.17, 15) is 19.5 Å². The van der Waals surface area contributed by atoms with Crippen molar-refractivity contribution in [2.45, 2.75) is 56.9 Å². The second-order valence-electron chi connectivity index (χ2n) is 5.74. The maximum absolute atomic E-state index is 12.0. The highest BCUT2D eigenvalue weighted by Crippen LogP contribution is 2.27. The molecule has 0 atom stereocenters. The molecule has 1 aliphatic heterocycles. The number of carbonyl (C=O) groups excluding carboxylic acids is 3. The molecule has 0 spiro atoms. The summed E-state index contributed by atoms with van der Waals surface area (Å²) < 4.78 is 0. The molecule has 2 aliphatic rings. The predicted octanol–water partition coefficient (Wildman–Crippen LogP) is 0.337. The van der Waals surface area contributed by atoms with Crippen molar-refractivity contribution in [3.8, 4) is 0 Å². The van der Waals surface area contributed by atoms with Crippen LogP contribution < -0.4 is 5.32 Å². The molecule has 0 aromatic heterocycles. The number of hydrogen-bond acceptors (Lipinski definition) is 4. The van der Waals surface area contributed by atoms with Crippen LogP contribution in [0.25, 0.3) is 0 Å². The molecule has 112 valence electrons. The van der Waals surface area contributed by atoms with E-state index in [1.807, 2.05) is 0 Å². The van der Waals surface area contributed by atoms with Crippen molar-refractivity contribution < 1.29 is 19.5 Å². The summed E-state index contributed by atoms with van der Waals surface area (Å²) in [6, 6.07) is 0. The van der Waals surface area contributed by atoms with E-state index in [4.69, 9.17) is 0 Å². The van der Waals surface area contributed by atoms with Crippen LogP contribution in [0.1, 0.15) is 51.4 Å². The maximum Gasteiger partial charge on any atom is 0.229 e. The van der Waals surface area contributed by atoms with E-state index in [0.717, 1.165) is 37.0 Å². The molecular formula is C14H22N2O4. The number of aliphatic hydroxyl groups is 1. The van der Waals surface area contributed by atoms with Gasteiger partial charge in [0.25, 0.3) is 0 Å². The number of imide groups is 1. The van der Waals surface area contributed by atoms with Gasteiger partial charge in [0.1, 0.15) is 0 Å². The first kappa shape index (κ1) is 15.0. The van der Waals surface area contributed by atoms with Gasteiger partial charge in [-0.3, -0.25) is 19.3 Å². The van der Waals surface area contributed by atoms with Crippen LogP contribution in [0.3, 0.4) is 0 Å². The van der Waals surface area contributed by atoms with Crippen LogP contribution in [0, 0.1) is 0 Å². The second-order valence-corrected chi connectivity index (χ2v) is 5.74. The van der Waals surface area contributed by atoms with Crippen LogP contribution in [-0.2, 0) is 14.4 Å². The van der Waals surface area contributed by atoms with Gasteiger partial charge in [-0.1, -0.05) is 19.3 Å². The van der Waals surface area contributed by atoms with Gasteiger partial charge in [0, 0.05) is 25.8 Å². The fraction of sp³-hybridized carbons (Fsp3) is 0.786. The van der Waals surface area contributed by atoms with E-state index in [-0.39, 0.29) is 50.1 Å². The topological polar surface area (TPSA) is 86.7 Å². The highest BCUT2D eigenvalue weighted by atomic mass is 16.3. The Labute approximate surface area is 118 Å². The van der Waals surface area contributed by atoms with E-state index in [0.29, 0.717) is 0 Å². The van der Waals surface area contributed by atoms with Gasteiger partial charge in [-0.25, -0.2) is 0 Å². The van der Waals surface area contributed by atoms with Crippen LogP contribution in [0.2, 0.25) is 0 Å². The SMILES string of the molecule is O=C(CCN1C(=O)CCC1=O)NC1(CO)CCCCC1. The Morgan fingerprint density at radius 1 is 1.15 bits per heavy atom. The van der Waals surface area contributed by atoms with Gasteiger partial charge in [-0.05, 0) is 12.8 Å². The summed E-state index contributed by atoms with van der Waals surface area (Å²) in [5, 5.41) is 12.4. The third-order valence-electron chi connectivity index (χ3n) is 4.24. The van der Waals surface area contributed by atoms with Crippen LogP contribution in [0.5, 0.6) is 0 Å². The highest BCUT2D eigenvalue weighted by Gasteiger charge is 2.34. The quantitative estimate of drug-likeness (QED) is 0.712. The zero-order valence-corrected chi connectivity index (χ0v) is 11.7. The zero-order chi connectivity index (χ0) is 14.6. The molecule has 0 unspecified atom stereocenters. The Bertz CT molecular complexity index is 386. The average molecular weight is 282 g/mol. The summed E-state index contributed by atoms with van der Waals surface area (Å²) in [4.78, 5) is 36.0. The fourth-order valence-corrected chi connectivity index (χ4v) is 3.00. The van der Waals surface area contributed by atoms with Crippen LogP contribution >= 0.6 is 0 Å². The summed E-state index contributed by atoms with van der Waals surface area (Å²) in [6.07, 6.45) is 5.33. The van der Waals surface area contributed by atoms with Gasteiger partial charge in [0.2, 0.25) is 17.7 Å². The molecule has 0 radical (unpaired) electrons. The number of hydrogen-bond donors (Lipinski definition) is 2. The minimum absolute atomic E-state index is 0.0552. The summed E-state index contributed by atoms with van der Waals surface area (Å²) in [7, 11) is 0. The van der Waals surface area contributed by atoms with Gasteiger partial charge in [0.15, 0.2) is 0 Å². The molecule has 6 nitrogen and oxygen atoms in total. The molecule has 20 heavy (non-hydrogen) atoms. The number of nitrogens with one attached hydrogen (secondary N) is 1. The average Bonchev–Trinajstić information content (AvgIpc) is 2.77. The van der Waals surface area contributed by atoms with Gasteiger partial charge >= 0.3 is 0 Å². The molecule has 1 saturated carbocycles. The molecule has 6 heteroatoms. The minimum atomic E-state index is -0.506. The number of amides is 3.